The first kappa shape index (κ1) is 17.8. The van der Waals surface area contributed by atoms with Gasteiger partial charge >= 0.3 is 0 Å². The molecule has 26 heavy (non-hydrogen) atoms. The highest BCUT2D eigenvalue weighted by Gasteiger charge is 2.18. The van der Waals surface area contributed by atoms with Crippen LogP contribution >= 0.6 is 11.3 Å². The molecule has 1 N–H and O–H groups in total. The van der Waals surface area contributed by atoms with Crippen LogP contribution < -0.4 is 10.1 Å². The summed E-state index contributed by atoms with van der Waals surface area (Å²) in [4.78, 5) is 29.5. The number of carbonyl (C=O) groups is 2. The highest BCUT2D eigenvalue weighted by Crippen LogP contribution is 2.32. The molecule has 0 atom stereocenters. The van der Waals surface area contributed by atoms with Crippen molar-refractivity contribution in [3.8, 4) is 17.0 Å². The first-order valence-electron chi connectivity index (χ1n) is 8.02. The number of nitrogens with one attached hydrogen (secondary N) is 1. The molecule has 3 rings (SSSR count). The lowest BCUT2D eigenvalue weighted by molar-refractivity contribution is 0.101. The van der Waals surface area contributed by atoms with E-state index in [1.54, 1.807) is 19.2 Å². The minimum Gasteiger partial charge on any atom is -0.496 e. The van der Waals surface area contributed by atoms with Gasteiger partial charge in [0.1, 0.15) is 5.75 Å². The van der Waals surface area contributed by atoms with Crippen LogP contribution in [0.4, 0.5) is 5.13 Å². The number of carbonyl (C=O) groups excluding carboxylic acids is 2. The quantitative estimate of drug-likeness (QED) is 0.671. The smallest absolute Gasteiger partial charge is 0.257 e. The van der Waals surface area contributed by atoms with Gasteiger partial charge in [-0.2, -0.15) is 0 Å². The molecular formula is C20H18N2O3S. The van der Waals surface area contributed by atoms with Crippen LogP contribution in [0.15, 0.2) is 48.5 Å². The minimum atomic E-state index is -0.299. The molecule has 0 aliphatic carbocycles. The zero-order valence-electron chi connectivity index (χ0n) is 14.7. The number of hydrogen-bond donors (Lipinski definition) is 1. The van der Waals surface area contributed by atoms with E-state index in [1.165, 1.54) is 18.3 Å². The summed E-state index contributed by atoms with van der Waals surface area (Å²) < 4.78 is 5.26. The van der Waals surface area contributed by atoms with Gasteiger partial charge in [0.2, 0.25) is 0 Å². The van der Waals surface area contributed by atoms with Crippen molar-refractivity contribution in [1.82, 2.24) is 4.98 Å². The number of hydrogen-bond acceptors (Lipinski definition) is 5. The zero-order chi connectivity index (χ0) is 18.7. The highest BCUT2D eigenvalue weighted by molar-refractivity contribution is 7.18. The van der Waals surface area contributed by atoms with Crippen LogP contribution in [-0.4, -0.2) is 23.8 Å². The summed E-state index contributed by atoms with van der Waals surface area (Å²) >= 11 is 1.17. The largest absolute Gasteiger partial charge is 0.496 e. The molecule has 0 spiro atoms. The molecule has 1 amide bonds. The molecule has 0 fully saturated rings. The molecule has 0 aliphatic heterocycles. The maximum absolute atomic E-state index is 12.5. The summed E-state index contributed by atoms with van der Waals surface area (Å²) in [6.07, 6.45) is 0. The molecule has 3 aromatic rings. The molecule has 1 heterocycles. The van der Waals surface area contributed by atoms with Gasteiger partial charge < -0.3 is 4.74 Å². The molecule has 0 bridgehead atoms. The van der Waals surface area contributed by atoms with E-state index in [2.05, 4.69) is 10.3 Å². The van der Waals surface area contributed by atoms with Gasteiger partial charge in [-0.1, -0.05) is 47.7 Å². The molecule has 6 heteroatoms. The van der Waals surface area contributed by atoms with Crippen molar-refractivity contribution in [2.45, 2.75) is 13.8 Å². The van der Waals surface area contributed by atoms with Crippen molar-refractivity contribution in [2.24, 2.45) is 0 Å². The molecule has 0 saturated carbocycles. The Hall–Kier alpha value is -2.99. The molecular weight excluding hydrogens is 348 g/mol. The average Bonchev–Trinajstić information content (AvgIpc) is 3.07. The van der Waals surface area contributed by atoms with Crippen LogP contribution in [0.2, 0.25) is 0 Å². The van der Waals surface area contributed by atoms with Crippen molar-refractivity contribution < 1.29 is 14.3 Å². The number of aromatic nitrogens is 1. The van der Waals surface area contributed by atoms with Gasteiger partial charge in [-0.3, -0.25) is 14.9 Å². The van der Waals surface area contributed by atoms with Crippen LogP contribution in [0.25, 0.3) is 11.3 Å². The fourth-order valence-electron chi connectivity index (χ4n) is 2.53. The second kappa shape index (κ2) is 7.49. The second-order valence-electron chi connectivity index (χ2n) is 5.76. The predicted octanol–water partition coefficient (Wildman–Crippen LogP) is 4.58. The van der Waals surface area contributed by atoms with Gasteiger partial charge in [0, 0.05) is 18.1 Å². The summed E-state index contributed by atoms with van der Waals surface area (Å²) in [6.45, 7) is 3.41. The van der Waals surface area contributed by atoms with E-state index < -0.39 is 0 Å². The van der Waals surface area contributed by atoms with E-state index in [0.29, 0.717) is 27.0 Å². The second-order valence-corrected chi connectivity index (χ2v) is 6.76. The fraction of sp³-hybridized carbons (Fsp3) is 0.150. The number of Topliss-reactive ketones (excluding diaryl/α,β-unsaturated/α-hetero) is 1. The Balaban J connectivity index is 1.91. The molecule has 5 nitrogen and oxygen atoms in total. The van der Waals surface area contributed by atoms with Gasteiger partial charge in [0.05, 0.1) is 17.7 Å². The van der Waals surface area contributed by atoms with E-state index in [4.69, 9.17) is 4.74 Å². The minimum absolute atomic E-state index is 0.0844. The Morgan fingerprint density at radius 1 is 1.12 bits per heavy atom. The Labute approximate surface area is 155 Å². The van der Waals surface area contributed by atoms with E-state index in [1.807, 2.05) is 43.3 Å². The summed E-state index contributed by atoms with van der Waals surface area (Å²) in [5.41, 5.74) is 2.84. The monoisotopic (exact) mass is 366 g/mol. The predicted molar refractivity (Wildman–Crippen MR) is 103 cm³/mol. The molecule has 1 aromatic heterocycles. The number of methoxy groups -OCH3 is 1. The summed E-state index contributed by atoms with van der Waals surface area (Å²) in [6, 6.07) is 14.7. The van der Waals surface area contributed by atoms with Crippen LogP contribution in [0.5, 0.6) is 5.75 Å². The molecule has 0 aliphatic rings. The maximum atomic E-state index is 12.5. The van der Waals surface area contributed by atoms with E-state index in [-0.39, 0.29) is 11.7 Å². The fourth-order valence-corrected chi connectivity index (χ4v) is 3.41. The topological polar surface area (TPSA) is 68.3 Å². The number of aryl methyl sites for hydroxylation is 1. The average molecular weight is 366 g/mol. The van der Waals surface area contributed by atoms with Crippen LogP contribution in [0.1, 0.15) is 32.5 Å². The van der Waals surface area contributed by atoms with Gasteiger partial charge in [-0.25, -0.2) is 4.98 Å². The molecule has 0 saturated heterocycles. The van der Waals surface area contributed by atoms with Gasteiger partial charge in [0.25, 0.3) is 5.91 Å². The van der Waals surface area contributed by atoms with E-state index >= 15 is 0 Å². The summed E-state index contributed by atoms with van der Waals surface area (Å²) in [7, 11) is 1.57. The zero-order valence-corrected chi connectivity index (χ0v) is 15.5. The van der Waals surface area contributed by atoms with Crippen molar-refractivity contribution in [3.05, 3.63) is 64.5 Å². The van der Waals surface area contributed by atoms with Crippen LogP contribution in [-0.2, 0) is 0 Å². The third-order valence-corrected chi connectivity index (χ3v) is 4.96. The van der Waals surface area contributed by atoms with E-state index in [0.717, 1.165) is 11.1 Å². The highest BCUT2D eigenvalue weighted by atomic mass is 32.1. The van der Waals surface area contributed by atoms with Gasteiger partial charge in [0.15, 0.2) is 10.9 Å². The number of anilines is 1. The van der Waals surface area contributed by atoms with Crippen molar-refractivity contribution in [2.75, 3.05) is 12.4 Å². The standard InChI is InChI=1S/C20H18N2O3S/c1-12-9-10-15(11-16(12)25-3)19(24)22-20-21-17(18(26-20)13(2)23)14-7-5-4-6-8-14/h4-11H,1-3H3,(H,21,22,24). The van der Waals surface area contributed by atoms with Crippen molar-refractivity contribution >= 4 is 28.2 Å². The maximum Gasteiger partial charge on any atom is 0.257 e. The number of ketones is 1. The third-order valence-electron chi connectivity index (χ3n) is 3.88. The first-order valence-corrected chi connectivity index (χ1v) is 8.84. The molecule has 2 aromatic carbocycles. The van der Waals surface area contributed by atoms with Gasteiger partial charge in [-0.15, -0.1) is 0 Å². The Bertz CT molecular complexity index is 964. The SMILES string of the molecule is COc1cc(C(=O)Nc2nc(-c3ccccc3)c(C(C)=O)s2)ccc1C. The molecule has 0 radical (unpaired) electrons. The number of nitrogens with zero attached hydrogens (tertiary/aromatic N) is 1. The normalized spacial score (nSPS) is 10.4. The van der Waals surface area contributed by atoms with E-state index in [9.17, 15) is 9.59 Å². The Morgan fingerprint density at radius 2 is 1.85 bits per heavy atom. The van der Waals surface area contributed by atoms with Crippen molar-refractivity contribution in [1.29, 1.82) is 0 Å². The number of benzene rings is 2. The number of ether oxygens (including phenoxy) is 1. The van der Waals surface area contributed by atoms with Crippen LogP contribution in [0.3, 0.4) is 0 Å². The lowest BCUT2D eigenvalue weighted by Gasteiger charge is -2.07. The summed E-state index contributed by atoms with van der Waals surface area (Å²) in [5.74, 6) is 0.261. The first-order chi connectivity index (χ1) is 12.5. The lowest BCUT2D eigenvalue weighted by atomic mass is 10.1. The van der Waals surface area contributed by atoms with Crippen LogP contribution in [0, 0.1) is 6.92 Å². The van der Waals surface area contributed by atoms with Crippen molar-refractivity contribution in [3.63, 3.8) is 0 Å². The summed E-state index contributed by atoms with van der Waals surface area (Å²) in [5, 5.41) is 3.16. The number of amides is 1. The molecule has 0 unspecified atom stereocenters. The number of rotatable bonds is 5. The lowest BCUT2D eigenvalue weighted by Crippen LogP contribution is -2.12. The van der Waals surface area contributed by atoms with Gasteiger partial charge in [-0.05, 0) is 24.6 Å². The Morgan fingerprint density at radius 3 is 2.50 bits per heavy atom. The number of thiazole rings is 1. The molecule has 132 valence electrons. The Kier molecular flexibility index (Phi) is 5.14. The third kappa shape index (κ3) is 3.65.